The van der Waals surface area contributed by atoms with Crippen LogP contribution in [0.3, 0.4) is 0 Å². The number of carbonyl (C=O) groups is 1. The molecule has 1 amide bonds. The third-order valence-electron chi connectivity index (χ3n) is 5.65. The van der Waals surface area contributed by atoms with Gasteiger partial charge in [-0.15, -0.1) is 0 Å². The van der Waals surface area contributed by atoms with Gasteiger partial charge in [-0.25, -0.2) is 0 Å². The summed E-state index contributed by atoms with van der Waals surface area (Å²) in [5.74, 6) is -0.00735. The number of anilines is 1. The van der Waals surface area contributed by atoms with Crippen LogP contribution in [0.15, 0.2) is 89.9 Å². The molecule has 0 aromatic heterocycles. The molecule has 6 N–H and O–H groups in total. The zero-order chi connectivity index (χ0) is 23.0. The molecule has 0 radical (unpaired) electrons. The molecule has 0 aliphatic carbocycles. The van der Waals surface area contributed by atoms with E-state index in [1.54, 1.807) is 0 Å². The number of nitrogens with two attached hydrogens (primary N) is 2. The Morgan fingerprint density at radius 1 is 0.818 bits per heavy atom. The molecule has 0 heterocycles. The molecule has 6 heteroatoms. The maximum Gasteiger partial charge on any atom is 0.241 e. The van der Waals surface area contributed by atoms with Gasteiger partial charge in [-0.1, -0.05) is 66.7 Å². The van der Waals surface area contributed by atoms with Crippen molar-refractivity contribution in [2.45, 2.75) is 25.4 Å². The van der Waals surface area contributed by atoms with Gasteiger partial charge in [0.15, 0.2) is 5.96 Å². The lowest BCUT2D eigenvalue weighted by molar-refractivity contribution is -0.118. The lowest BCUT2D eigenvalue weighted by atomic mass is 10.1. The molecule has 4 aromatic carbocycles. The van der Waals surface area contributed by atoms with E-state index in [9.17, 15) is 4.79 Å². The highest BCUT2D eigenvalue weighted by Gasteiger charge is 2.18. The van der Waals surface area contributed by atoms with Crippen molar-refractivity contribution in [3.63, 3.8) is 0 Å². The van der Waals surface area contributed by atoms with Gasteiger partial charge in [-0.2, -0.15) is 0 Å². The fraction of sp³-hybridized carbons (Fsp3) is 0.185. The number of carbonyl (C=O) groups excluding carboxylic acids is 1. The Morgan fingerprint density at radius 2 is 1.45 bits per heavy atom. The third kappa shape index (κ3) is 6.08. The summed E-state index contributed by atoms with van der Waals surface area (Å²) in [7, 11) is 0. The lowest BCUT2D eigenvalue weighted by Crippen LogP contribution is -2.40. The van der Waals surface area contributed by atoms with Gasteiger partial charge in [-0.3, -0.25) is 9.79 Å². The van der Waals surface area contributed by atoms with Crippen molar-refractivity contribution in [3.05, 3.63) is 90.5 Å². The SMILES string of the molecule is NC(N)=NCCC[C@H](NCc1ccc2ccccc2c1)C(=O)Nc1ccc2ccccc2c1. The van der Waals surface area contributed by atoms with Gasteiger partial charge in [-0.05, 0) is 58.1 Å². The maximum absolute atomic E-state index is 13.2. The van der Waals surface area contributed by atoms with Gasteiger partial charge in [0, 0.05) is 18.8 Å². The summed E-state index contributed by atoms with van der Waals surface area (Å²) < 4.78 is 0. The fourth-order valence-electron chi connectivity index (χ4n) is 3.92. The van der Waals surface area contributed by atoms with E-state index in [0.717, 1.165) is 22.0 Å². The van der Waals surface area contributed by atoms with Crippen LogP contribution < -0.4 is 22.1 Å². The predicted molar refractivity (Wildman–Crippen MR) is 137 cm³/mol. The van der Waals surface area contributed by atoms with Gasteiger partial charge in [0.05, 0.1) is 6.04 Å². The van der Waals surface area contributed by atoms with Crippen LogP contribution in [0.4, 0.5) is 5.69 Å². The molecule has 4 rings (SSSR count). The highest BCUT2D eigenvalue weighted by molar-refractivity contribution is 5.97. The predicted octanol–water partition coefficient (Wildman–Crippen LogP) is 4.14. The Morgan fingerprint density at radius 3 is 2.15 bits per heavy atom. The number of nitrogens with zero attached hydrogens (tertiary/aromatic N) is 1. The van der Waals surface area contributed by atoms with E-state index in [1.165, 1.54) is 10.8 Å². The number of nitrogens with one attached hydrogen (secondary N) is 2. The normalized spacial score (nSPS) is 11.9. The Labute approximate surface area is 193 Å². The second-order valence-electron chi connectivity index (χ2n) is 8.11. The molecule has 0 aliphatic heterocycles. The molecule has 168 valence electrons. The molecule has 6 nitrogen and oxygen atoms in total. The standard InChI is InChI=1S/C27H29N5O/c28-27(29)30-15-5-10-25(31-18-19-11-12-20-6-1-3-8-22(20)16-19)26(33)32-24-14-13-21-7-2-4-9-23(21)17-24/h1-4,6-9,11-14,16-17,25,31H,5,10,15,18H2,(H,32,33)(H4,28,29,30)/t25-/m0/s1. The summed E-state index contributed by atoms with van der Waals surface area (Å²) in [5.41, 5.74) is 12.8. The molecule has 4 aromatic rings. The van der Waals surface area contributed by atoms with Crippen LogP contribution in [0.5, 0.6) is 0 Å². The van der Waals surface area contributed by atoms with Gasteiger partial charge < -0.3 is 22.1 Å². The summed E-state index contributed by atoms with van der Waals surface area (Å²) in [5, 5.41) is 11.1. The molecule has 33 heavy (non-hydrogen) atoms. The van der Waals surface area contributed by atoms with E-state index in [1.807, 2.05) is 48.5 Å². The summed E-state index contributed by atoms with van der Waals surface area (Å²) in [6.45, 7) is 1.07. The van der Waals surface area contributed by atoms with Gasteiger partial charge in [0.2, 0.25) is 5.91 Å². The Kier molecular flexibility index (Phi) is 7.17. The second-order valence-corrected chi connectivity index (χ2v) is 8.11. The summed E-state index contributed by atoms with van der Waals surface area (Å²) >= 11 is 0. The Hall–Kier alpha value is -3.90. The second kappa shape index (κ2) is 10.6. The van der Waals surface area contributed by atoms with Crippen molar-refractivity contribution < 1.29 is 4.79 Å². The number of aliphatic imine (C=N–C) groups is 1. The van der Waals surface area contributed by atoms with E-state index in [0.29, 0.717) is 25.9 Å². The number of hydrogen-bond donors (Lipinski definition) is 4. The molecule has 1 atom stereocenters. The molecular weight excluding hydrogens is 410 g/mol. The average molecular weight is 440 g/mol. The molecule has 0 unspecified atom stereocenters. The van der Waals surface area contributed by atoms with Crippen LogP contribution >= 0.6 is 0 Å². The van der Waals surface area contributed by atoms with Crippen LogP contribution in [-0.4, -0.2) is 24.5 Å². The molecule has 0 spiro atoms. The van der Waals surface area contributed by atoms with Crippen LogP contribution in [0.1, 0.15) is 18.4 Å². The minimum absolute atomic E-state index is 0.0660. The lowest BCUT2D eigenvalue weighted by Gasteiger charge is -2.19. The molecular formula is C27H29N5O. The number of amides is 1. The van der Waals surface area contributed by atoms with Crippen molar-refractivity contribution in [2.24, 2.45) is 16.5 Å². The highest BCUT2D eigenvalue weighted by atomic mass is 16.2. The van der Waals surface area contributed by atoms with E-state index in [-0.39, 0.29) is 17.9 Å². The first-order valence-corrected chi connectivity index (χ1v) is 11.1. The number of benzene rings is 4. The van der Waals surface area contributed by atoms with Crippen molar-refractivity contribution >= 4 is 39.1 Å². The van der Waals surface area contributed by atoms with E-state index in [4.69, 9.17) is 11.5 Å². The van der Waals surface area contributed by atoms with Crippen molar-refractivity contribution in [3.8, 4) is 0 Å². The van der Waals surface area contributed by atoms with Crippen LogP contribution in [0, 0.1) is 0 Å². The van der Waals surface area contributed by atoms with Gasteiger partial charge in [0.25, 0.3) is 0 Å². The third-order valence-corrected chi connectivity index (χ3v) is 5.65. The molecule has 0 saturated heterocycles. The summed E-state index contributed by atoms with van der Waals surface area (Å²) in [6, 6.07) is 28.2. The van der Waals surface area contributed by atoms with E-state index >= 15 is 0 Å². The fourth-order valence-corrected chi connectivity index (χ4v) is 3.92. The van der Waals surface area contributed by atoms with E-state index < -0.39 is 0 Å². The minimum Gasteiger partial charge on any atom is -0.370 e. The topological polar surface area (TPSA) is 106 Å². The number of guanidine groups is 1. The zero-order valence-electron chi connectivity index (χ0n) is 18.5. The Bertz CT molecular complexity index is 1280. The average Bonchev–Trinajstić information content (AvgIpc) is 2.83. The first kappa shape index (κ1) is 22.3. The van der Waals surface area contributed by atoms with Crippen molar-refractivity contribution in [1.82, 2.24) is 5.32 Å². The number of rotatable bonds is 9. The highest BCUT2D eigenvalue weighted by Crippen LogP contribution is 2.20. The molecule has 0 bridgehead atoms. The minimum atomic E-state index is -0.378. The number of fused-ring (bicyclic) bond motifs is 2. The van der Waals surface area contributed by atoms with E-state index in [2.05, 4.69) is 52.0 Å². The summed E-state index contributed by atoms with van der Waals surface area (Å²) in [4.78, 5) is 17.2. The largest absolute Gasteiger partial charge is 0.370 e. The van der Waals surface area contributed by atoms with Gasteiger partial charge in [0.1, 0.15) is 0 Å². The molecule has 0 saturated carbocycles. The first-order chi connectivity index (χ1) is 16.1. The quantitative estimate of drug-likeness (QED) is 0.179. The van der Waals surface area contributed by atoms with Crippen molar-refractivity contribution in [2.75, 3.05) is 11.9 Å². The van der Waals surface area contributed by atoms with Crippen molar-refractivity contribution in [1.29, 1.82) is 0 Å². The monoisotopic (exact) mass is 439 g/mol. The molecule has 0 aliphatic rings. The maximum atomic E-state index is 13.2. The Balaban J connectivity index is 1.45. The zero-order valence-corrected chi connectivity index (χ0v) is 18.5. The summed E-state index contributed by atoms with van der Waals surface area (Å²) in [6.07, 6.45) is 1.31. The van der Waals surface area contributed by atoms with Crippen LogP contribution in [-0.2, 0) is 11.3 Å². The van der Waals surface area contributed by atoms with Gasteiger partial charge >= 0.3 is 0 Å². The number of hydrogen-bond acceptors (Lipinski definition) is 3. The smallest absolute Gasteiger partial charge is 0.241 e. The van der Waals surface area contributed by atoms with Crippen LogP contribution in [0.25, 0.3) is 21.5 Å². The first-order valence-electron chi connectivity index (χ1n) is 11.1. The van der Waals surface area contributed by atoms with Crippen LogP contribution in [0.2, 0.25) is 0 Å². The molecule has 0 fully saturated rings.